The minimum Gasteiger partial charge on any atom is -0.490 e. The number of hydrogen-bond acceptors (Lipinski definition) is 6. The van der Waals surface area contributed by atoms with E-state index in [-0.39, 0.29) is 47.2 Å². The van der Waals surface area contributed by atoms with Crippen molar-refractivity contribution < 1.29 is 27.5 Å². The van der Waals surface area contributed by atoms with Crippen LogP contribution in [0.15, 0.2) is 94.2 Å². The van der Waals surface area contributed by atoms with Gasteiger partial charge in [0.15, 0.2) is 0 Å². The van der Waals surface area contributed by atoms with Crippen molar-refractivity contribution in [3.8, 4) is 22.7 Å². The first kappa shape index (κ1) is 34.1. The maximum Gasteiger partial charge on any atom is 0.417 e. The second-order valence-electron chi connectivity index (χ2n) is 12.6. The van der Waals surface area contributed by atoms with E-state index in [0.29, 0.717) is 22.9 Å². The third-order valence-corrected chi connectivity index (χ3v) is 9.66. The molecule has 51 heavy (non-hydrogen) atoms. The molecule has 1 aliphatic carbocycles. The Balaban J connectivity index is 1.26. The van der Waals surface area contributed by atoms with Crippen molar-refractivity contribution in [3.05, 3.63) is 128 Å². The van der Waals surface area contributed by atoms with E-state index in [1.54, 1.807) is 43.3 Å². The van der Waals surface area contributed by atoms with Crippen LogP contribution in [0.1, 0.15) is 57.4 Å². The number of nitrogen functional groups attached to an aromatic ring is 1. The van der Waals surface area contributed by atoms with Crippen molar-refractivity contribution >= 4 is 33.6 Å². The number of fused-ring (bicyclic) bond motifs is 1. The normalized spacial score (nSPS) is 15.7. The van der Waals surface area contributed by atoms with Gasteiger partial charge in [0.25, 0.3) is 11.8 Å². The first-order valence-electron chi connectivity index (χ1n) is 16.3. The minimum absolute atomic E-state index is 0.00640. The average Bonchev–Trinajstić information content (AvgIpc) is 3.88. The Hall–Kier alpha value is -5.37. The summed E-state index contributed by atoms with van der Waals surface area (Å²) < 4.78 is 49.6. The maximum atomic E-state index is 14.3. The second kappa shape index (κ2) is 13.4. The summed E-state index contributed by atoms with van der Waals surface area (Å²) in [6, 6.07) is 22.2. The highest BCUT2D eigenvalue weighted by atomic mass is 79.9. The van der Waals surface area contributed by atoms with E-state index >= 15 is 0 Å². The molecule has 262 valence electrons. The molecular formula is C37H32BrF3N6O4. The van der Waals surface area contributed by atoms with Gasteiger partial charge in [-0.05, 0) is 79.9 Å². The van der Waals surface area contributed by atoms with Crippen molar-refractivity contribution in [2.24, 2.45) is 0 Å². The van der Waals surface area contributed by atoms with Gasteiger partial charge in [0.05, 0.1) is 35.3 Å². The molecule has 5 aromatic rings. The van der Waals surface area contributed by atoms with Crippen LogP contribution in [0.3, 0.4) is 0 Å². The topological polar surface area (TPSA) is 124 Å². The fourth-order valence-electron chi connectivity index (χ4n) is 6.24. The van der Waals surface area contributed by atoms with Gasteiger partial charge >= 0.3 is 11.9 Å². The number of nitrogens with one attached hydrogen (secondary N) is 1. The molecule has 0 radical (unpaired) electrons. The third-order valence-electron chi connectivity index (χ3n) is 8.96. The molecule has 7 rings (SSSR count). The zero-order valence-corrected chi connectivity index (χ0v) is 28.9. The first-order valence-corrected chi connectivity index (χ1v) is 17.1. The van der Waals surface area contributed by atoms with Crippen LogP contribution < -0.4 is 21.5 Å². The molecule has 1 fully saturated rings. The molecule has 1 aliphatic heterocycles. The molecule has 10 nitrogen and oxygen atoms in total. The zero-order valence-electron chi connectivity index (χ0n) is 27.3. The molecular weight excluding hydrogens is 729 g/mol. The fourth-order valence-corrected chi connectivity index (χ4v) is 6.71. The number of nitrogens with zero attached hydrogens (tertiary/aromatic N) is 4. The first-order chi connectivity index (χ1) is 24.4. The number of benzene rings is 3. The molecule has 3 aromatic carbocycles. The van der Waals surface area contributed by atoms with Crippen molar-refractivity contribution in [2.45, 2.75) is 57.7 Å². The molecule has 0 saturated heterocycles. The number of pyridine rings is 1. The lowest BCUT2D eigenvalue weighted by Gasteiger charge is -2.34. The largest absolute Gasteiger partial charge is 0.490 e. The number of imidazole rings is 1. The quantitative estimate of drug-likeness (QED) is 0.184. The summed E-state index contributed by atoms with van der Waals surface area (Å²) in [5.74, 6) is -0.271. The SMILES string of the molecule is C[C@@H]1Cn2c(c(C(=O)NCc3ccccc3-c3cccc(N)n3)n(-c3ccc(OC4CC4)cc3)c2=O)CN1C(=O)c1ccc(Br)c(C(F)(F)F)c1. The van der Waals surface area contributed by atoms with E-state index in [4.69, 9.17) is 10.5 Å². The molecule has 0 unspecified atom stereocenters. The predicted octanol–water partition coefficient (Wildman–Crippen LogP) is 6.58. The van der Waals surface area contributed by atoms with E-state index in [9.17, 15) is 27.6 Å². The van der Waals surface area contributed by atoms with Crippen LogP contribution in [0.2, 0.25) is 0 Å². The van der Waals surface area contributed by atoms with Gasteiger partial charge in [-0.1, -0.05) is 46.3 Å². The van der Waals surface area contributed by atoms with Crippen molar-refractivity contribution in [1.82, 2.24) is 24.3 Å². The van der Waals surface area contributed by atoms with Crippen LogP contribution in [0, 0.1) is 0 Å². The highest BCUT2D eigenvalue weighted by molar-refractivity contribution is 9.10. The predicted molar refractivity (Wildman–Crippen MR) is 187 cm³/mol. The van der Waals surface area contributed by atoms with Crippen LogP contribution in [0.25, 0.3) is 16.9 Å². The van der Waals surface area contributed by atoms with Crippen LogP contribution in [-0.2, 0) is 25.8 Å². The molecule has 3 heterocycles. The Bertz CT molecular complexity index is 2210. The van der Waals surface area contributed by atoms with Crippen molar-refractivity contribution in [2.75, 3.05) is 5.73 Å². The van der Waals surface area contributed by atoms with Gasteiger partial charge in [-0.2, -0.15) is 13.2 Å². The Morgan fingerprint density at radius 3 is 2.47 bits per heavy atom. The molecule has 1 atom stereocenters. The third kappa shape index (κ3) is 6.87. The number of anilines is 1. The van der Waals surface area contributed by atoms with Crippen LogP contribution in [0.5, 0.6) is 5.75 Å². The number of carbonyl (C=O) groups is 2. The summed E-state index contributed by atoms with van der Waals surface area (Å²) in [7, 11) is 0. The highest BCUT2D eigenvalue weighted by Crippen LogP contribution is 2.36. The number of aromatic nitrogens is 3. The van der Waals surface area contributed by atoms with Gasteiger partial charge in [0.1, 0.15) is 17.3 Å². The Kier molecular flexibility index (Phi) is 8.96. The number of ether oxygens (including phenoxy) is 1. The summed E-state index contributed by atoms with van der Waals surface area (Å²) in [6.07, 6.45) is -2.58. The highest BCUT2D eigenvalue weighted by Gasteiger charge is 2.37. The Labute approximate surface area is 298 Å². The number of amides is 2. The monoisotopic (exact) mass is 760 g/mol. The molecule has 2 aromatic heterocycles. The van der Waals surface area contributed by atoms with Crippen LogP contribution in [0.4, 0.5) is 19.0 Å². The van der Waals surface area contributed by atoms with E-state index < -0.39 is 35.3 Å². The van der Waals surface area contributed by atoms with E-state index in [0.717, 1.165) is 30.0 Å². The summed E-state index contributed by atoms with van der Waals surface area (Å²) >= 11 is 2.93. The molecule has 2 aliphatic rings. The standard InChI is InChI=1S/C37H32BrF3N6O4/c1-21-19-46-31(20-45(21)35(49)22-9-16-29(38)28(17-22)37(39,40)41)33(47(36(46)50)24-10-12-25(13-11-24)51-26-14-15-26)34(48)43-18-23-5-2-3-6-27(23)30-7-4-8-32(42)44-30/h2-13,16-17,21,26H,14-15,18-20H2,1H3,(H2,42,44)(H,43,48)/t21-/m1/s1. The summed E-state index contributed by atoms with van der Waals surface area (Å²) in [5.41, 5.74) is 7.08. The van der Waals surface area contributed by atoms with E-state index in [1.807, 2.05) is 30.3 Å². The smallest absolute Gasteiger partial charge is 0.417 e. The molecule has 2 amide bonds. The van der Waals surface area contributed by atoms with Crippen LogP contribution >= 0.6 is 15.9 Å². The van der Waals surface area contributed by atoms with Gasteiger partial charge in [-0.15, -0.1) is 0 Å². The summed E-state index contributed by atoms with van der Waals surface area (Å²) in [6.45, 7) is 1.59. The number of hydrogen-bond donors (Lipinski definition) is 2. The number of carbonyl (C=O) groups excluding carboxylic acids is 2. The van der Waals surface area contributed by atoms with Gasteiger partial charge < -0.3 is 20.7 Å². The van der Waals surface area contributed by atoms with Crippen LogP contribution in [-0.4, -0.2) is 43.0 Å². The van der Waals surface area contributed by atoms with E-state index in [2.05, 4.69) is 26.2 Å². The Morgan fingerprint density at radius 2 is 1.76 bits per heavy atom. The van der Waals surface area contributed by atoms with Gasteiger partial charge in [-0.3, -0.25) is 18.7 Å². The lowest BCUT2D eigenvalue weighted by Crippen LogP contribution is -2.47. The van der Waals surface area contributed by atoms with Gasteiger partial charge in [0, 0.05) is 34.7 Å². The van der Waals surface area contributed by atoms with Gasteiger partial charge in [0.2, 0.25) is 0 Å². The van der Waals surface area contributed by atoms with Crippen molar-refractivity contribution in [1.29, 1.82) is 0 Å². The number of halogens is 4. The number of alkyl halides is 3. The molecule has 1 saturated carbocycles. The van der Waals surface area contributed by atoms with E-state index in [1.165, 1.54) is 26.2 Å². The molecule has 14 heteroatoms. The van der Waals surface area contributed by atoms with Crippen molar-refractivity contribution in [3.63, 3.8) is 0 Å². The van der Waals surface area contributed by atoms with Gasteiger partial charge in [-0.25, -0.2) is 9.78 Å². The fraction of sp³-hybridized carbons (Fsp3) is 0.243. The average molecular weight is 762 g/mol. The lowest BCUT2D eigenvalue weighted by molar-refractivity contribution is -0.138. The lowest BCUT2D eigenvalue weighted by atomic mass is 10.0. The number of rotatable bonds is 8. The number of nitrogens with two attached hydrogens (primary N) is 1. The summed E-state index contributed by atoms with van der Waals surface area (Å²) in [5, 5.41) is 2.95. The molecule has 0 bridgehead atoms. The minimum atomic E-state index is -4.69. The second-order valence-corrected chi connectivity index (χ2v) is 13.5. The maximum absolute atomic E-state index is 14.3. The zero-order chi connectivity index (χ0) is 36.0. The summed E-state index contributed by atoms with van der Waals surface area (Å²) in [4.78, 5) is 48.0. The molecule has 3 N–H and O–H groups in total. The Morgan fingerprint density at radius 1 is 1.02 bits per heavy atom. The molecule has 0 spiro atoms.